The molecule has 1 aliphatic rings. The summed E-state index contributed by atoms with van der Waals surface area (Å²) >= 11 is 5.79. The van der Waals surface area contributed by atoms with Crippen LogP contribution < -0.4 is 4.90 Å². The maximum Gasteiger partial charge on any atom is 0.254 e. The summed E-state index contributed by atoms with van der Waals surface area (Å²) < 4.78 is 15.6. The van der Waals surface area contributed by atoms with Gasteiger partial charge in [-0.25, -0.2) is 9.37 Å². The molecule has 1 atom stereocenters. The topological polar surface area (TPSA) is 46.3 Å². The Kier molecular flexibility index (Phi) is 3.23. The highest BCUT2D eigenvalue weighted by Gasteiger charge is 2.30. The zero-order chi connectivity index (χ0) is 16.1. The van der Waals surface area contributed by atoms with Crippen LogP contribution in [0.25, 0.3) is 5.78 Å². The van der Waals surface area contributed by atoms with Crippen LogP contribution in [-0.4, -0.2) is 26.1 Å². The Bertz CT molecular complexity index is 907. The standard InChI is InChI=1S/C16H15ClFN5/c1-9-12-5-6-22(15(12)23-16(21-9)19-8-20-23)10(2)11-3-4-13(17)14(18)7-11/h3-4,7-8,10H,5-6H2,1-2H3/t10-/m0/s1. The molecule has 0 unspecified atom stereocenters. The summed E-state index contributed by atoms with van der Waals surface area (Å²) in [6.45, 7) is 4.88. The summed E-state index contributed by atoms with van der Waals surface area (Å²) in [5, 5.41) is 4.44. The Balaban J connectivity index is 1.82. The van der Waals surface area contributed by atoms with Gasteiger partial charge in [-0.05, 0) is 38.0 Å². The van der Waals surface area contributed by atoms with Crippen molar-refractivity contribution in [1.82, 2.24) is 19.6 Å². The summed E-state index contributed by atoms with van der Waals surface area (Å²) in [6.07, 6.45) is 2.40. The molecular weight excluding hydrogens is 317 g/mol. The maximum atomic E-state index is 13.8. The second kappa shape index (κ2) is 5.16. The van der Waals surface area contributed by atoms with Crippen molar-refractivity contribution in [3.63, 3.8) is 0 Å². The van der Waals surface area contributed by atoms with E-state index in [2.05, 4.69) is 26.9 Å². The van der Waals surface area contributed by atoms with E-state index in [0.717, 1.165) is 30.0 Å². The summed E-state index contributed by atoms with van der Waals surface area (Å²) in [4.78, 5) is 10.9. The van der Waals surface area contributed by atoms with Crippen LogP contribution in [0.1, 0.15) is 29.8 Å². The molecule has 118 valence electrons. The van der Waals surface area contributed by atoms with Crippen molar-refractivity contribution < 1.29 is 4.39 Å². The molecule has 0 fully saturated rings. The zero-order valence-electron chi connectivity index (χ0n) is 12.8. The van der Waals surface area contributed by atoms with E-state index in [1.807, 2.05) is 13.0 Å². The lowest BCUT2D eigenvalue weighted by molar-refractivity contribution is 0.616. The van der Waals surface area contributed by atoms with Crippen LogP contribution in [0.5, 0.6) is 0 Å². The molecule has 1 aliphatic heterocycles. The normalized spacial score (nSPS) is 15.2. The molecule has 3 aromatic rings. The van der Waals surface area contributed by atoms with Crippen LogP contribution in [0.15, 0.2) is 24.5 Å². The van der Waals surface area contributed by atoms with Gasteiger partial charge in [0.05, 0.1) is 11.1 Å². The lowest BCUT2D eigenvalue weighted by Crippen LogP contribution is -2.26. The monoisotopic (exact) mass is 331 g/mol. The number of aromatic nitrogens is 4. The van der Waals surface area contributed by atoms with Gasteiger partial charge in [-0.1, -0.05) is 17.7 Å². The number of hydrogen-bond acceptors (Lipinski definition) is 4. The molecular formula is C16H15ClFN5. The van der Waals surface area contributed by atoms with Crippen LogP contribution in [0.4, 0.5) is 10.2 Å². The highest BCUT2D eigenvalue weighted by molar-refractivity contribution is 6.30. The molecule has 23 heavy (non-hydrogen) atoms. The van der Waals surface area contributed by atoms with Crippen molar-refractivity contribution in [2.24, 2.45) is 0 Å². The SMILES string of the molecule is Cc1nc2ncnn2c2c1CCN2[C@@H](C)c1ccc(Cl)c(F)c1. The smallest absolute Gasteiger partial charge is 0.254 e. The first-order valence-corrected chi connectivity index (χ1v) is 7.85. The molecule has 5 nitrogen and oxygen atoms in total. The fourth-order valence-electron chi connectivity index (χ4n) is 3.22. The number of hydrogen-bond donors (Lipinski definition) is 0. The van der Waals surface area contributed by atoms with Crippen molar-refractivity contribution in [1.29, 1.82) is 0 Å². The predicted octanol–water partition coefficient (Wildman–Crippen LogP) is 3.35. The van der Waals surface area contributed by atoms with Crippen LogP contribution in [-0.2, 0) is 6.42 Å². The van der Waals surface area contributed by atoms with Gasteiger partial charge in [-0.3, -0.25) is 0 Å². The van der Waals surface area contributed by atoms with E-state index in [1.54, 1.807) is 10.6 Å². The van der Waals surface area contributed by atoms with Crippen LogP contribution in [0, 0.1) is 12.7 Å². The number of nitrogens with zero attached hydrogens (tertiary/aromatic N) is 5. The third-order valence-corrected chi connectivity index (χ3v) is 4.78. The molecule has 3 heterocycles. The van der Waals surface area contributed by atoms with E-state index in [0.29, 0.717) is 5.78 Å². The number of rotatable bonds is 2. The van der Waals surface area contributed by atoms with Gasteiger partial charge in [-0.15, -0.1) is 0 Å². The van der Waals surface area contributed by atoms with E-state index in [-0.39, 0.29) is 11.1 Å². The maximum absolute atomic E-state index is 13.8. The van der Waals surface area contributed by atoms with E-state index in [4.69, 9.17) is 11.6 Å². The third kappa shape index (κ3) is 2.16. The molecule has 0 aliphatic carbocycles. The van der Waals surface area contributed by atoms with E-state index in [9.17, 15) is 4.39 Å². The average Bonchev–Trinajstić information content (AvgIpc) is 3.15. The van der Waals surface area contributed by atoms with Gasteiger partial charge in [-0.2, -0.15) is 14.6 Å². The first kappa shape index (κ1) is 14.4. The number of fused-ring (bicyclic) bond motifs is 3. The Morgan fingerprint density at radius 1 is 1.35 bits per heavy atom. The minimum atomic E-state index is -0.396. The molecule has 4 rings (SSSR count). The van der Waals surface area contributed by atoms with Gasteiger partial charge in [0.15, 0.2) is 0 Å². The first-order valence-electron chi connectivity index (χ1n) is 7.47. The molecule has 0 radical (unpaired) electrons. The largest absolute Gasteiger partial charge is 0.349 e. The number of anilines is 1. The van der Waals surface area contributed by atoms with E-state index < -0.39 is 5.82 Å². The number of aryl methyl sites for hydroxylation is 1. The molecule has 0 N–H and O–H groups in total. The van der Waals surface area contributed by atoms with Gasteiger partial charge in [0.25, 0.3) is 5.78 Å². The van der Waals surface area contributed by atoms with Crippen molar-refractivity contribution in [3.05, 3.63) is 52.2 Å². The molecule has 2 aromatic heterocycles. The number of benzene rings is 1. The Hall–Kier alpha value is -2.21. The Morgan fingerprint density at radius 3 is 2.96 bits per heavy atom. The van der Waals surface area contributed by atoms with Crippen LogP contribution in [0.2, 0.25) is 5.02 Å². The van der Waals surface area contributed by atoms with Gasteiger partial charge in [0.1, 0.15) is 18.0 Å². The lowest BCUT2D eigenvalue weighted by atomic mass is 10.1. The Morgan fingerprint density at radius 2 is 2.17 bits per heavy atom. The van der Waals surface area contributed by atoms with E-state index >= 15 is 0 Å². The van der Waals surface area contributed by atoms with E-state index in [1.165, 1.54) is 18.0 Å². The highest BCUT2D eigenvalue weighted by Crippen LogP contribution is 2.36. The summed E-state index contributed by atoms with van der Waals surface area (Å²) in [6, 6.07) is 4.96. The molecule has 0 saturated heterocycles. The molecule has 1 aromatic carbocycles. The summed E-state index contributed by atoms with van der Waals surface area (Å²) in [5.74, 6) is 1.18. The first-order chi connectivity index (χ1) is 11.1. The van der Waals surface area contributed by atoms with Crippen molar-refractivity contribution >= 4 is 23.2 Å². The van der Waals surface area contributed by atoms with Crippen LogP contribution >= 0.6 is 11.6 Å². The molecule has 0 bridgehead atoms. The fraction of sp³-hybridized carbons (Fsp3) is 0.312. The minimum absolute atomic E-state index is 0.00258. The average molecular weight is 332 g/mol. The third-order valence-electron chi connectivity index (χ3n) is 4.47. The minimum Gasteiger partial charge on any atom is -0.349 e. The second-order valence-corrected chi connectivity index (χ2v) is 6.17. The molecule has 7 heteroatoms. The summed E-state index contributed by atoms with van der Waals surface area (Å²) in [5.41, 5.74) is 3.02. The number of halogens is 2. The fourth-order valence-corrected chi connectivity index (χ4v) is 3.34. The second-order valence-electron chi connectivity index (χ2n) is 5.76. The van der Waals surface area contributed by atoms with Crippen molar-refractivity contribution in [2.45, 2.75) is 26.3 Å². The summed E-state index contributed by atoms with van der Waals surface area (Å²) in [7, 11) is 0. The van der Waals surface area contributed by atoms with Crippen LogP contribution in [0.3, 0.4) is 0 Å². The zero-order valence-corrected chi connectivity index (χ0v) is 13.5. The highest BCUT2D eigenvalue weighted by atomic mass is 35.5. The van der Waals surface area contributed by atoms with Crippen molar-refractivity contribution in [3.8, 4) is 0 Å². The molecule has 0 amide bonds. The van der Waals surface area contributed by atoms with Gasteiger partial charge < -0.3 is 4.90 Å². The molecule has 0 spiro atoms. The Labute approximate surface area is 137 Å². The van der Waals surface area contributed by atoms with Gasteiger partial charge in [0, 0.05) is 17.8 Å². The van der Waals surface area contributed by atoms with Gasteiger partial charge in [0.2, 0.25) is 0 Å². The molecule has 0 saturated carbocycles. The predicted molar refractivity (Wildman–Crippen MR) is 86.4 cm³/mol. The van der Waals surface area contributed by atoms with Gasteiger partial charge >= 0.3 is 0 Å². The quantitative estimate of drug-likeness (QED) is 0.722. The lowest BCUT2D eigenvalue weighted by Gasteiger charge is -2.27. The van der Waals surface area contributed by atoms with Crippen molar-refractivity contribution in [2.75, 3.05) is 11.4 Å².